The van der Waals surface area contributed by atoms with E-state index in [0.717, 1.165) is 36.2 Å². The Bertz CT molecular complexity index is 992. The summed E-state index contributed by atoms with van der Waals surface area (Å²) in [7, 11) is 0. The standard InChI is InChI=1S/C20H17ClN4/c21-17-9-15(10-22-13-17)4-6-18-5-3-14(11-24-18)8-16-12-25-20-19(16)2-1-7-23-20/h1-3,5,7,9-13H,4,6,8H2,(H,23,25). The fourth-order valence-corrected chi connectivity index (χ4v) is 3.15. The van der Waals surface area contributed by atoms with Crippen molar-refractivity contribution in [3.05, 3.63) is 88.7 Å². The van der Waals surface area contributed by atoms with Gasteiger partial charge in [0.25, 0.3) is 0 Å². The van der Waals surface area contributed by atoms with E-state index in [2.05, 4.69) is 38.1 Å². The maximum Gasteiger partial charge on any atom is 0.137 e. The Morgan fingerprint density at radius 1 is 0.960 bits per heavy atom. The number of aromatic nitrogens is 4. The summed E-state index contributed by atoms with van der Waals surface area (Å²) in [5.74, 6) is 0. The SMILES string of the molecule is Clc1cncc(CCc2ccc(Cc3c[nH]c4ncccc34)cn2)c1. The van der Waals surface area contributed by atoms with E-state index in [1.165, 1.54) is 16.5 Å². The number of H-pyrrole nitrogens is 1. The molecule has 0 spiro atoms. The van der Waals surface area contributed by atoms with Gasteiger partial charge in [-0.2, -0.15) is 0 Å². The molecule has 1 N–H and O–H groups in total. The van der Waals surface area contributed by atoms with Crippen LogP contribution in [0.5, 0.6) is 0 Å². The van der Waals surface area contributed by atoms with E-state index in [-0.39, 0.29) is 0 Å². The molecule has 0 saturated heterocycles. The van der Waals surface area contributed by atoms with Gasteiger partial charge < -0.3 is 4.98 Å². The predicted octanol–water partition coefficient (Wildman–Crippen LogP) is 4.38. The lowest BCUT2D eigenvalue weighted by atomic mass is 10.1. The highest BCUT2D eigenvalue weighted by molar-refractivity contribution is 6.30. The topological polar surface area (TPSA) is 54.5 Å². The van der Waals surface area contributed by atoms with Crippen molar-refractivity contribution in [3.63, 3.8) is 0 Å². The first-order chi connectivity index (χ1) is 12.3. The lowest BCUT2D eigenvalue weighted by Gasteiger charge is -2.04. The monoisotopic (exact) mass is 348 g/mol. The zero-order valence-electron chi connectivity index (χ0n) is 13.6. The number of fused-ring (bicyclic) bond motifs is 1. The van der Waals surface area contributed by atoms with E-state index in [0.29, 0.717) is 5.02 Å². The number of nitrogens with zero attached hydrogens (tertiary/aromatic N) is 3. The molecule has 0 unspecified atom stereocenters. The first-order valence-electron chi connectivity index (χ1n) is 8.22. The van der Waals surface area contributed by atoms with Gasteiger partial charge in [-0.3, -0.25) is 9.97 Å². The van der Waals surface area contributed by atoms with Crippen molar-refractivity contribution < 1.29 is 0 Å². The summed E-state index contributed by atoms with van der Waals surface area (Å²) in [5, 5.41) is 1.84. The number of aryl methyl sites for hydroxylation is 2. The first kappa shape index (κ1) is 15.8. The maximum absolute atomic E-state index is 5.97. The molecule has 5 heteroatoms. The highest BCUT2D eigenvalue weighted by atomic mass is 35.5. The lowest BCUT2D eigenvalue weighted by Crippen LogP contribution is -1.96. The number of halogens is 1. The Hall–Kier alpha value is -2.72. The lowest BCUT2D eigenvalue weighted by molar-refractivity contribution is 0.902. The van der Waals surface area contributed by atoms with Gasteiger partial charge in [0, 0.05) is 48.5 Å². The molecule has 0 bridgehead atoms. The predicted molar refractivity (Wildman–Crippen MR) is 99.8 cm³/mol. The van der Waals surface area contributed by atoms with Crippen molar-refractivity contribution in [2.24, 2.45) is 0 Å². The summed E-state index contributed by atoms with van der Waals surface area (Å²) in [4.78, 5) is 16.3. The van der Waals surface area contributed by atoms with Gasteiger partial charge in [0.05, 0.1) is 5.02 Å². The van der Waals surface area contributed by atoms with Gasteiger partial charge >= 0.3 is 0 Å². The number of aromatic amines is 1. The second-order valence-corrected chi connectivity index (χ2v) is 6.50. The molecule has 25 heavy (non-hydrogen) atoms. The quantitative estimate of drug-likeness (QED) is 0.582. The van der Waals surface area contributed by atoms with Gasteiger partial charge in [0.2, 0.25) is 0 Å². The second-order valence-electron chi connectivity index (χ2n) is 6.06. The highest BCUT2D eigenvalue weighted by Crippen LogP contribution is 2.19. The van der Waals surface area contributed by atoms with E-state index in [1.54, 1.807) is 12.4 Å². The van der Waals surface area contributed by atoms with Crippen LogP contribution >= 0.6 is 11.6 Å². The van der Waals surface area contributed by atoms with Crippen LogP contribution in [-0.2, 0) is 19.3 Å². The number of nitrogens with one attached hydrogen (secondary N) is 1. The molecule has 4 nitrogen and oxygen atoms in total. The number of hydrogen-bond donors (Lipinski definition) is 1. The van der Waals surface area contributed by atoms with Crippen LogP contribution in [0.15, 0.2) is 61.3 Å². The molecule has 0 fully saturated rings. The van der Waals surface area contributed by atoms with Crippen LogP contribution in [-0.4, -0.2) is 19.9 Å². The summed E-state index contributed by atoms with van der Waals surface area (Å²) in [6.45, 7) is 0. The Morgan fingerprint density at radius 3 is 2.76 bits per heavy atom. The largest absolute Gasteiger partial charge is 0.346 e. The summed E-state index contributed by atoms with van der Waals surface area (Å²) in [6.07, 6.45) is 11.9. The minimum atomic E-state index is 0.675. The summed E-state index contributed by atoms with van der Waals surface area (Å²) in [6, 6.07) is 10.3. The van der Waals surface area contributed by atoms with Crippen LogP contribution in [0, 0.1) is 0 Å². The normalized spacial score (nSPS) is 11.1. The van der Waals surface area contributed by atoms with Crippen LogP contribution in [0.25, 0.3) is 11.0 Å². The van der Waals surface area contributed by atoms with E-state index < -0.39 is 0 Å². The molecular formula is C20H17ClN4. The Morgan fingerprint density at radius 2 is 1.92 bits per heavy atom. The molecule has 124 valence electrons. The molecule has 4 aromatic heterocycles. The minimum Gasteiger partial charge on any atom is -0.346 e. The van der Waals surface area contributed by atoms with E-state index >= 15 is 0 Å². The van der Waals surface area contributed by atoms with Crippen LogP contribution in [0.3, 0.4) is 0 Å². The fraction of sp³-hybridized carbons (Fsp3) is 0.150. The number of rotatable bonds is 5. The van der Waals surface area contributed by atoms with Crippen molar-refractivity contribution in [1.82, 2.24) is 19.9 Å². The third-order valence-corrected chi connectivity index (χ3v) is 4.46. The average molecular weight is 349 g/mol. The van der Waals surface area contributed by atoms with E-state index in [4.69, 9.17) is 11.6 Å². The minimum absolute atomic E-state index is 0.675. The van der Waals surface area contributed by atoms with Gasteiger partial charge in [-0.15, -0.1) is 0 Å². The third kappa shape index (κ3) is 3.69. The van der Waals surface area contributed by atoms with Crippen molar-refractivity contribution in [3.8, 4) is 0 Å². The summed E-state index contributed by atoms with van der Waals surface area (Å²) < 4.78 is 0. The average Bonchev–Trinajstić information content (AvgIpc) is 3.04. The van der Waals surface area contributed by atoms with Crippen molar-refractivity contribution >= 4 is 22.6 Å². The maximum atomic E-state index is 5.97. The van der Waals surface area contributed by atoms with Crippen molar-refractivity contribution in [2.45, 2.75) is 19.3 Å². The van der Waals surface area contributed by atoms with Gasteiger partial charge in [-0.05, 0) is 53.8 Å². The Balaban J connectivity index is 1.43. The van der Waals surface area contributed by atoms with Crippen molar-refractivity contribution in [2.75, 3.05) is 0 Å². The van der Waals surface area contributed by atoms with Crippen LogP contribution < -0.4 is 0 Å². The molecular weight excluding hydrogens is 332 g/mol. The molecule has 4 heterocycles. The highest BCUT2D eigenvalue weighted by Gasteiger charge is 2.06. The van der Waals surface area contributed by atoms with Gasteiger partial charge in [-0.1, -0.05) is 17.7 Å². The fourth-order valence-electron chi connectivity index (χ4n) is 2.95. The molecule has 0 aliphatic rings. The molecule has 0 aliphatic carbocycles. The molecule has 0 atom stereocenters. The molecule has 0 amide bonds. The molecule has 4 rings (SSSR count). The van der Waals surface area contributed by atoms with Crippen LogP contribution in [0.1, 0.15) is 22.4 Å². The number of hydrogen-bond acceptors (Lipinski definition) is 3. The third-order valence-electron chi connectivity index (χ3n) is 4.25. The Kier molecular flexibility index (Phi) is 4.44. The van der Waals surface area contributed by atoms with E-state index in [9.17, 15) is 0 Å². The smallest absolute Gasteiger partial charge is 0.137 e. The van der Waals surface area contributed by atoms with Gasteiger partial charge in [-0.25, -0.2) is 4.98 Å². The van der Waals surface area contributed by atoms with E-state index in [1.807, 2.05) is 30.7 Å². The van der Waals surface area contributed by atoms with Gasteiger partial charge in [0.15, 0.2) is 0 Å². The molecule has 0 aromatic carbocycles. The molecule has 4 aromatic rings. The van der Waals surface area contributed by atoms with Crippen molar-refractivity contribution in [1.29, 1.82) is 0 Å². The van der Waals surface area contributed by atoms with Crippen LogP contribution in [0.2, 0.25) is 5.02 Å². The Labute approximate surface area is 150 Å². The zero-order chi connectivity index (χ0) is 17.1. The summed E-state index contributed by atoms with van der Waals surface area (Å²) >= 11 is 5.97. The van der Waals surface area contributed by atoms with Crippen LogP contribution in [0.4, 0.5) is 0 Å². The van der Waals surface area contributed by atoms with Gasteiger partial charge in [0.1, 0.15) is 5.65 Å². The zero-order valence-corrected chi connectivity index (χ0v) is 14.4. The molecule has 0 radical (unpaired) electrons. The second kappa shape index (κ2) is 7.03. The summed E-state index contributed by atoms with van der Waals surface area (Å²) in [5.41, 5.74) is 5.56. The molecule has 0 saturated carbocycles. The first-order valence-corrected chi connectivity index (χ1v) is 8.60. The molecule has 0 aliphatic heterocycles. The number of pyridine rings is 3.